The Balaban J connectivity index is 2.21. The van der Waals surface area contributed by atoms with Gasteiger partial charge in [-0.25, -0.2) is 0 Å². The molecule has 2 aliphatic rings. The van der Waals surface area contributed by atoms with E-state index in [1.54, 1.807) is 0 Å². The summed E-state index contributed by atoms with van der Waals surface area (Å²) in [5, 5.41) is 10.1. The van der Waals surface area contributed by atoms with Crippen LogP contribution >= 0.6 is 0 Å². The smallest absolute Gasteiger partial charge is 0.115 e. The molecule has 0 bridgehead atoms. The molecule has 2 heteroatoms. The third-order valence-corrected chi connectivity index (χ3v) is 3.54. The van der Waals surface area contributed by atoms with Crippen LogP contribution in [0.1, 0.15) is 31.1 Å². The molecule has 0 radical (unpaired) electrons. The van der Waals surface area contributed by atoms with Gasteiger partial charge in [-0.15, -0.1) is 0 Å². The second kappa shape index (κ2) is 2.38. The minimum absolute atomic E-state index is 0.0277. The molecule has 0 spiro atoms. The Morgan fingerprint density at radius 3 is 2.79 bits per heavy atom. The Hall–Kier alpha value is -0.860. The van der Waals surface area contributed by atoms with Crippen LogP contribution in [0.25, 0.3) is 0 Å². The van der Waals surface area contributed by atoms with Crippen molar-refractivity contribution in [2.24, 2.45) is 0 Å². The lowest BCUT2D eigenvalue weighted by molar-refractivity contribution is 0.0693. The van der Waals surface area contributed by atoms with Crippen molar-refractivity contribution in [3.05, 3.63) is 35.4 Å². The van der Waals surface area contributed by atoms with Gasteiger partial charge in [0.05, 0.1) is 6.10 Å². The summed E-state index contributed by atoms with van der Waals surface area (Å²) in [5.74, 6) is 0. The molecule has 3 atom stereocenters. The zero-order valence-corrected chi connectivity index (χ0v) is 8.40. The minimum Gasteiger partial charge on any atom is -0.389 e. The molecule has 0 amide bonds. The van der Waals surface area contributed by atoms with Gasteiger partial charge in [0.25, 0.3) is 0 Å². The number of fused-ring (bicyclic) bond motifs is 3. The van der Waals surface area contributed by atoms with Gasteiger partial charge in [0, 0.05) is 5.41 Å². The molecule has 14 heavy (non-hydrogen) atoms. The summed E-state index contributed by atoms with van der Waals surface area (Å²) in [4.78, 5) is 0. The van der Waals surface area contributed by atoms with Crippen molar-refractivity contribution in [2.75, 3.05) is 0 Å². The fraction of sp³-hybridized carbons (Fsp3) is 0.500. The number of ether oxygens (including phenoxy) is 1. The van der Waals surface area contributed by atoms with E-state index in [9.17, 15) is 5.11 Å². The van der Waals surface area contributed by atoms with E-state index >= 15 is 0 Å². The third-order valence-electron chi connectivity index (χ3n) is 3.54. The Kier molecular flexibility index (Phi) is 1.44. The lowest BCUT2D eigenvalue weighted by Gasteiger charge is -2.34. The van der Waals surface area contributed by atoms with E-state index in [1.807, 2.05) is 12.1 Å². The van der Waals surface area contributed by atoms with Gasteiger partial charge >= 0.3 is 0 Å². The summed E-state index contributed by atoms with van der Waals surface area (Å²) in [6.45, 7) is 4.16. The predicted molar refractivity (Wildman–Crippen MR) is 53.1 cm³/mol. The fourth-order valence-electron chi connectivity index (χ4n) is 2.52. The third kappa shape index (κ3) is 0.877. The maximum Gasteiger partial charge on any atom is 0.115 e. The standard InChI is InChI=1S/C12H14O2/c1-12(2)8-6-4-3-5-7(8)9-10(14-9)11(12)13/h3-6,9-11,13H,1-2H3. The van der Waals surface area contributed by atoms with Gasteiger partial charge in [0.15, 0.2) is 0 Å². The van der Waals surface area contributed by atoms with E-state index in [-0.39, 0.29) is 23.7 Å². The SMILES string of the molecule is CC1(C)c2ccccc2C2OC2C1O. The highest BCUT2D eigenvalue weighted by Crippen LogP contribution is 2.53. The van der Waals surface area contributed by atoms with Gasteiger partial charge in [-0.05, 0) is 11.1 Å². The van der Waals surface area contributed by atoms with Crippen LogP contribution in [0, 0.1) is 0 Å². The summed E-state index contributed by atoms with van der Waals surface area (Å²) in [6, 6.07) is 8.26. The van der Waals surface area contributed by atoms with Gasteiger partial charge in [0.2, 0.25) is 0 Å². The number of benzene rings is 1. The van der Waals surface area contributed by atoms with Crippen LogP contribution in [0.4, 0.5) is 0 Å². The molecule has 1 aliphatic carbocycles. The Bertz CT molecular complexity index is 384. The van der Waals surface area contributed by atoms with Crippen molar-refractivity contribution >= 4 is 0 Å². The molecule has 1 saturated heterocycles. The van der Waals surface area contributed by atoms with Crippen molar-refractivity contribution in [3.8, 4) is 0 Å². The number of hydrogen-bond donors (Lipinski definition) is 1. The number of hydrogen-bond acceptors (Lipinski definition) is 2. The van der Waals surface area contributed by atoms with Gasteiger partial charge in [-0.3, -0.25) is 0 Å². The normalized spacial score (nSPS) is 37.2. The first-order valence-electron chi connectivity index (χ1n) is 5.05. The molecule has 1 aliphatic heterocycles. The van der Waals surface area contributed by atoms with Crippen LogP contribution in [0.5, 0.6) is 0 Å². The molecule has 1 aromatic carbocycles. The van der Waals surface area contributed by atoms with Crippen molar-refractivity contribution < 1.29 is 9.84 Å². The highest BCUT2D eigenvalue weighted by molar-refractivity contribution is 5.43. The predicted octanol–water partition coefficient (Wildman–Crippen LogP) is 1.78. The molecular weight excluding hydrogens is 176 g/mol. The maximum absolute atomic E-state index is 10.1. The molecule has 74 valence electrons. The van der Waals surface area contributed by atoms with E-state index in [0.29, 0.717) is 0 Å². The quantitative estimate of drug-likeness (QED) is 0.632. The van der Waals surface area contributed by atoms with Gasteiger partial charge < -0.3 is 9.84 Å². The van der Waals surface area contributed by atoms with Gasteiger partial charge in [-0.2, -0.15) is 0 Å². The zero-order valence-electron chi connectivity index (χ0n) is 8.40. The Morgan fingerprint density at radius 1 is 1.29 bits per heavy atom. The lowest BCUT2D eigenvalue weighted by atomic mass is 9.71. The van der Waals surface area contributed by atoms with E-state index < -0.39 is 0 Å². The molecule has 1 aromatic rings. The second-order valence-corrected chi connectivity index (χ2v) is 4.78. The Labute approximate surface area is 83.5 Å². The highest BCUT2D eigenvalue weighted by Gasteiger charge is 2.56. The first kappa shape index (κ1) is 8.45. The summed E-state index contributed by atoms with van der Waals surface area (Å²) < 4.78 is 5.50. The van der Waals surface area contributed by atoms with Crippen LogP contribution < -0.4 is 0 Å². The van der Waals surface area contributed by atoms with Crippen LogP contribution in [0.3, 0.4) is 0 Å². The minimum atomic E-state index is -0.373. The topological polar surface area (TPSA) is 32.8 Å². The number of aliphatic hydroxyl groups excluding tert-OH is 1. The molecule has 3 rings (SSSR count). The lowest BCUT2D eigenvalue weighted by Crippen LogP contribution is -2.41. The van der Waals surface area contributed by atoms with Crippen LogP contribution in [-0.2, 0) is 10.2 Å². The average molecular weight is 190 g/mol. The van der Waals surface area contributed by atoms with Crippen molar-refractivity contribution in [1.29, 1.82) is 0 Å². The first-order chi connectivity index (χ1) is 6.62. The van der Waals surface area contributed by atoms with E-state index in [2.05, 4.69) is 26.0 Å². The number of rotatable bonds is 0. The second-order valence-electron chi connectivity index (χ2n) is 4.78. The molecule has 0 saturated carbocycles. The van der Waals surface area contributed by atoms with Gasteiger partial charge in [0.1, 0.15) is 12.2 Å². The summed E-state index contributed by atoms with van der Waals surface area (Å²) >= 11 is 0. The number of aliphatic hydroxyl groups is 1. The van der Waals surface area contributed by atoms with Crippen molar-refractivity contribution in [1.82, 2.24) is 0 Å². The highest BCUT2D eigenvalue weighted by atomic mass is 16.6. The van der Waals surface area contributed by atoms with E-state index in [1.165, 1.54) is 11.1 Å². The van der Waals surface area contributed by atoms with E-state index in [4.69, 9.17) is 4.74 Å². The average Bonchev–Trinajstić information content (AvgIpc) is 2.95. The van der Waals surface area contributed by atoms with Crippen LogP contribution in [0.2, 0.25) is 0 Å². The van der Waals surface area contributed by atoms with Crippen LogP contribution in [-0.4, -0.2) is 17.3 Å². The van der Waals surface area contributed by atoms with Gasteiger partial charge in [-0.1, -0.05) is 38.1 Å². The van der Waals surface area contributed by atoms with Crippen molar-refractivity contribution in [3.63, 3.8) is 0 Å². The Morgan fingerprint density at radius 2 is 2.00 bits per heavy atom. The molecule has 1 fully saturated rings. The van der Waals surface area contributed by atoms with E-state index in [0.717, 1.165) is 0 Å². The molecule has 2 nitrogen and oxygen atoms in total. The molecule has 1 N–H and O–H groups in total. The number of epoxide rings is 1. The maximum atomic E-state index is 10.1. The van der Waals surface area contributed by atoms with Crippen LogP contribution in [0.15, 0.2) is 24.3 Å². The molecule has 1 heterocycles. The largest absolute Gasteiger partial charge is 0.389 e. The monoisotopic (exact) mass is 190 g/mol. The summed E-state index contributed by atoms with van der Waals surface area (Å²) in [7, 11) is 0. The zero-order chi connectivity index (χ0) is 9.92. The molecule has 3 unspecified atom stereocenters. The molecule has 0 aromatic heterocycles. The first-order valence-corrected chi connectivity index (χ1v) is 5.05. The molecular formula is C12H14O2. The summed E-state index contributed by atoms with van der Waals surface area (Å²) in [6.07, 6.45) is -0.198. The summed E-state index contributed by atoms with van der Waals surface area (Å²) in [5.41, 5.74) is 2.30. The van der Waals surface area contributed by atoms with Crippen molar-refractivity contribution in [2.45, 2.75) is 37.6 Å². The fourth-order valence-corrected chi connectivity index (χ4v) is 2.52.